The molecule has 0 bridgehead atoms. The minimum absolute atomic E-state index is 0. The molecule has 5 nitrogen and oxygen atoms in total. The highest BCUT2D eigenvalue weighted by atomic mass is 32.1. The van der Waals surface area contributed by atoms with Crippen LogP contribution in [0.25, 0.3) is 0 Å². The molecule has 0 unspecified atom stereocenters. The van der Waals surface area contributed by atoms with Crippen LogP contribution in [-0.4, -0.2) is 64.4 Å². The Morgan fingerprint density at radius 1 is 1.00 bits per heavy atom. The summed E-state index contributed by atoms with van der Waals surface area (Å²) in [5.41, 5.74) is 0. The molecule has 0 aliphatic heterocycles. The normalized spacial score (nSPS) is 2.67. The zero-order valence-corrected chi connectivity index (χ0v) is 5.30. The predicted octanol–water partition coefficient (Wildman–Crippen LogP) is -5.52. The maximum Gasteiger partial charge on any atom is 0.761 e. The molecule has 0 fully saturated rings. The van der Waals surface area contributed by atoms with Gasteiger partial charge in [-0.2, -0.15) is 13.5 Å². The SMILES string of the molecule is O.O.O=[Si](O)O.S.[AlH3].[AlH3]. The monoisotopic (exact) mass is 208 g/mol. The Hall–Kier alpha value is 0.952. The smallest absolute Gasteiger partial charge is 0.511 e. The van der Waals surface area contributed by atoms with E-state index in [1.165, 1.54) is 0 Å². The second-order valence-corrected chi connectivity index (χ2v) is 0.848. The first-order valence-electron chi connectivity index (χ1n) is 0.651. The van der Waals surface area contributed by atoms with Crippen LogP contribution in [-0.2, 0) is 4.46 Å². The minimum Gasteiger partial charge on any atom is -0.511 e. The average Bonchev–Trinajstić information content (AvgIpc) is 0.811. The van der Waals surface area contributed by atoms with E-state index < -0.39 is 9.17 Å². The van der Waals surface area contributed by atoms with Gasteiger partial charge < -0.3 is 20.5 Å². The Balaban J connectivity index is -0.00000000450. The van der Waals surface area contributed by atoms with Gasteiger partial charge >= 0.3 is 9.17 Å². The molecule has 0 aliphatic rings. The lowest BCUT2D eigenvalue weighted by Gasteiger charge is -1.55. The molecule has 9 heteroatoms. The summed E-state index contributed by atoms with van der Waals surface area (Å²) in [7, 11) is -3.13. The van der Waals surface area contributed by atoms with Gasteiger partial charge in [-0.15, -0.1) is 0 Å². The van der Waals surface area contributed by atoms with Crippen LogP contribution in [0.15, 0.2) is 0 Å². The molecule has 0 aromatic carbocycles. The van der Waals surface area contributed by atoms with E-state index in [4.69, 9.17) is 14.1 Å². The fourth-order valence-electron chi connectivity index (χ4n) is 0. The van der Waals surface area contributed by atoms with Crippen molar-refractivity contribution in [2.75, 3.05) is 0 Å². The summed E-state index contributed by atoms with van der Waals surface area (Å²) in [6.45, 7) is 0. The van der Waals surface area contributed by atoms with Crippen LogP contribution in [0.1, 0.15) is 0 Å². The van der Waals surface area contributed by atoms with Gasteiger partial charge in [0.25, 0.3) is 0 Å². The molecule has 6 N–H and O–H groups in total. The van der Waals surface area contributed by atoms with Crippen molar-refractivity contribution in [3.63, 3.8) is 0 Å². The lowest BCUT2D eigenvalue weighted by Crippen LogP contribution is -1.90. The van der Waals surface area contributed by atoms with E-state index >= 15 is 0 Å². The number of hydrogen-bond donors (Lipinski definition) is 2. The fraction of sp³-hybridized carbons (Fsp3) is 0. The third-order valence-electron chi connectivity index (χ3n) is 0. The van der Waals surface area contributed by atoms with Crippen LogP contribution < -0.4 is 0 Å². The Kier molecular flexibility index (Phi) is 206. The quantitative estimate of drug-likeness (QED) is 0.386. The molecule has 0 amide bonds. The zero-order valence-electron chi connectivity index (χ0n) is 3.30. The van der Waals surface area contributed by atoms with E-state index in [2.05, 4.69) is 0 Å². The molecule has 0 spiro atoms. The number of hydrogen-bond acceptors (Lipinski definition) is 1. The maximum atomic E-state index is 8.74. The first-order valence-corrected chi connectivity index (χ1v) is 1.95. The lowest BCUT2D eigenvalue weighted by molar-refractivity contribution is 0.330. The second kappa shape index (κ2) is 36.2. The average molecular weight is 208 g/mol. The minimum atomic E-state index is -3.13. The fourth-order valence-corrected chi connectivity index (χ4v) is 0. The van der Waals surface area contributed by atoms with Crippen molar-refractivity contribution < 1.29 is 25.0 Å². The summed E-state index contributed by atoms with van der Waals surface area (Å²) in [4.78, 5) is 14.3. The van der Waals surface area contributed by atoms with Crippen molar-refractivity contribution in [1.82, 2.24) is 0 Å². The van der Waals surface area contributed by atoms with Crippen molar-refractivity contribution in [1.29, 1.82) is 0 Å². The van der Waals surface area contributed by atoms with Crippen molar-refractivity contribution in [3.8, 4) is 0 Å². The molecule has 0 aromatic heterocycles. The van der Waals surface area contributed by atoms with E-state index in [0.29, 0.717) is 0 Å². The maximum absolute atomic E-state index is 8.74. The van der Waals surface area contributed by atoms with Crippen LogP contribution in [0.5, 0.6) is 0 Å². The van der Waals surface area contributed by atoms with E-state index in [1.807, 2.05) is 0 Å². The van der Waals surface area contributed by atoms with Gasteiger partial charge in [0.15, 0.2) is 34.7 Å². The van der Waals surface area contributed by atoms with E-state index in [9.17, 15) is 0 Å². The first-order chi connectivity index (χ1) is 1.73. The van der Waals surface area contributed by atoms with Gasteiger partial charge in [0.1, 0.15) is 0 Å². The predicted molar refractivity (Wildman–Crippen MR) is 48.4 cm³/mol. The van der Waals surface area contributed by atoms with Gasteiger partial charge in [-0.25, -0.2) is 0 Å². The van der Waals surface area contributed by atoms with Crippen LogP contribution in [0.2, 0.25) is 0 Å². The lowest BCUT2D eigenvalue weighted by atomic mass is 15.8. The Morgan fingerprint density at radius 2 is 1.00 bits per heavy atom. The van der Waals surface area contributed by atoms with Crippen LogP contribution >= 0.6 is 13.5 Å². The summed E-state index contributed by atoms with van der Waals surface area (Å²) < 4.78 is 8.74. The molecule has 0 radical (unpaired) electrons. The van der Waals surface area contributed by atoms with Crippen LogP contribution in [0.4, 0.5) is 0 Å². The van der Waals surface area contributed by atoms with Gasteiger partial charge in [-0.05, 0) is 0 Å². The summed E-state index contributed by atoms with van der Waals surface area (Å²) >= 11 is 0. The number of rotatable bonds is 0. The van der Waals surface area contributed by atoms with Crippen LogP contribution in [0, 0.1) is 0 Å². The Morgan fingerprint density at radius 3 is 1.00 bits per heavy atom. The van der Waals surface area contributed by atoms with Gasteiger partial charge in [-0.3, -0.25) is 4.46 Å². The highest BCUT2D eigenvalue weighted by Gasteiger charge is 1.85. The molecule has 0 rings (SSSR count). The summed E-state index contributed by atoms with van der Waals surface area (Å²) in [5.74, 6) is 0. The molecule has 0 atom stereocenters. The molecule has 9 heavy (non-hydrogen) atoms. The zero-order chi connectivity index (χ0) is 3.58. The van der Waals surface area contributed by atoms with Crippen molar-refractivity contribution >= 4 is 57.4 Å². The largest absolute Gasteiger partial charge is 0.761 e. The van der Waals surface area contributed by atoms with Crippen molar-refractivity contribution in [2.45, 2.75) is 0 Å². The molecule has 0 saturated carbocycles. The molecular weight excluding hydrogens is 194 g/mol. The van der Waals surface area contributed by atoms with Gasteiger partial charge in [0, 0.05) is 0 Å². The van der Waals surface area contributed by atoms with E-state index in [-0.39, 0.29) is 59.2 Å². The molecular formula is H14Al2O5SSi. The third-order valence-corrected chi connectivity index (χ3v) is 0. The Labute approximate surface area is 82.3 Å². The molecule has 0 heterocycles. The second-order valence-electron chi connectivity index (χ2n) is 0.283. The summed E-state index contributed by atoms with van der Waals surface area (Å²) in [6.07, 6.45) is 0. The molecule has 60 valence electrons. The topological polar surface area (TPSA) is 121 Å². The van der Waals surface area contributed by atoms with Crippen molar-refractivity contribution in [3.05, 3.63) is 0 Å². The molecule has 0 aromatic rings. The summed E-state index contributed by atoms with van der Waals surface area (Å²) in [6, 6.07) is 0. The standard InChI is InChI=1S/2Al.H2O3Si.2H2O.H2S.6H/c;;1-4(2)3;;;;;;;;;/h;;1-2H;3*1H2;;;;;;. The molecule has 0 aliphatic carbocycles. The van der Waals surface area contributed by atoms with Gasteiger partial charge in [-0.1, -0.05) is 0 Å². The van der Waals surface area contributed by atoms with Gasteiger partial charge in [0.2, 0.25) is 0 Å². The van der Waals surface area contributed by atoms with Gasteiger partial charge in [0.05, 0.1) is 0 Å². The highest BCUT2D eigenvalue weighted by molar-refractivity contribution is 7.59. The van der Waals surface area contributed by atoms with E-state index in [1.54, 1.807) is 0 Å². The molecule has 0 saturated heterocycles. The summed E-state index contributed by atoms with van der Waals surface area (Å²) in [5, 5.41) is 0. The van der Waals surface area contributed by atoms with Crippen molar-refractivity contribution in [2.24, 2.45) is 0 Å². The van der Waals surface area contributed by atoms with Crippen LogP contribution in [0.3, 0.4) is 0 Å². The first kappa shape index (κ1) is 51.1. The van der Waals surface area contributed by atoms with E-state index in [0.717, 1.165) is 0 Å². The Bertz CT molecular complexity index is 37.9. The third kappa shape index (κ3) is 478. The highest BCUT2D eigenvalue weighted by Crippen LogP contribution is 1.27.